The summed E-state index contributed by atoms with van der Waals surface area (Å²) in [6.07, 6.45) is 3.83. The number of nitrogens with zero attached hydrogens (tertiary/aromatic N) is 2. The molecule has 2 heterocycles. The van der Waals surface area contributed by atoms with Gasteiger partial charge in [-0.15, -0.1) is 11.3 Å². The highest BCUT2D eigenvalue weighted by molar-refractivity contribution is 7.17. The molecule has 1 aromatic heterocycles. The van der Waals surface area contributed by atoms with Crippen molar-refractivity contribution in [2.24, 2.45) is 0 Å². The van der Waals surface area contributed by atoms with Crippen LogP contribution in [0.5, 0.6) is 0 Å². The summed E-state index contributed by atoms with van der Waals surface area (Å²) in [4.78, 5) is 30.7. The third kappa shape index (κ3) is 5.31. The summed E-state index contributed by atoms with van der Waals surface area (Å²) in [5.41, 5.74) is 2.67. The van der Waals surface area contributed by atoms with Gasteiger partial charge < -0.3 is 10.1 Å². The highest BCUT2D eigenvalue weighted by Gasteiger charge is 2.28. The second-order valence-electron chi connectivity index (χ2n) is 8.13. The van der Waals surface area contributed by atoms with Crippen LogP contribution in [0.1, 0.15) is 39.2 Å². The van der Waals surface area contributed by atoms with Gasteiger partial charge in [0.1, 0.15) is 10.8 Å². The Balaban J connectivity index is 1.32. The number of hydrogen-bond donors (Lipinski definition) is 1. The smallest absolute Gasteiger partial charge is 0.341 e. The number of esters is 1. The minimum atomic E-state index is -0.374. The minimum absolute atomic E-state index is 0.0999. The van der Waals surface area contributed by atoms with Crippen LogP contribution in [0.4, 0.5) is 9.39 Å². The molecule has 0 radical (unpaired) electrons. The molecule has 0 unspecified atom stereocenters. The first-order valence-corrected chi connectivity index (χ1v) is 11.6. The number of carbonyl (C=O) groups excluding carboxylic acids is 2. The van der Waals surface area contributed by atoms with Crippen molar-refractivity contribution in [2.75, 3.05) is 45.2 Å². The standard InChI is InChI=1S/C23H28FN3O3S/c1-30-23(29)21-18-4-2-5-19(18)31-22(21)25-20(28)15-27-11-3-10-26(12-13-27)14-16-6-8-17(24)9-7-16/h6-9H,2-5,10-15H2,1H3,(H,25,28). The van der Waals surface area contributed by atoms with Crippen LogP contribution in [0.3, 0.4) is 0 Å². The first kappa shape index (κ1) is 21.9. The fraction of sp³-hybridized carbons (Fsp3) is 0.478. The SMILES string of the molecule is COC(=O)c1c(NC(=O)CN2CCCN(Cc3ccc(F)cc3)CC2)sc2c1CCC2. The minimum Gasteiger partial charge on any atom is -0.465 e. The van der Waals surface area contributed by atoms with Gasteiger partial charge in [-0.05, 0) is 62.0 Å². The van der Waals surface area contributed by atoms with Crippen molar-refractivity contribution in [3.8, 4) is 0 Å². The Hall–Kier alpha value is -2.29. The Morgan fingerprint density at radius 1 is 1.06 bits per heavy atom. The lowest BCUT2D eigenvalue weighted by atomic mass is 10.1. The molecule has 0 spiro atoms. The summed E-state index contributed by atoms with van der Waals surface area (Å²) in [5, 5.41) is 3.59. The number of hydrogen-bond acceptors (Lipinski definition) is 6. The summed E-state index contributed by atoms with van der Waals surface area (Å²) in [5.74, 6) is -0.693. The lowest BCUT2D eigenvalue weighted by Crippen LogP contribution is -2.36. The average molecular weight is 446 g/mol. The molecule has 0 saturated carbocycles. The Morgan fingerprint density at radius 3 is 2.58 bits per heavy atom. The number of ether oxygens (including phenoxy) is 1. The van der Waals surface area contributed by atoms with Gasteiger partial charge in [0.25, 0.3) is 0 Å². The average Bonchev–Trinajstić information content (AvgIpc) is 3.25. The maximum Gasteiger partial charge on any atom is 0.341 e. The molecule has 4 rings (SSSR count). The molecule has 1 aliphatic carbocycles. The number of aryl methyl sites for hydroxylation is 1. The number of nitrogens with one attached hydrogen (secondary N) is 1. The maximum absolute atomic E-state index is 13.1. The first-order chi connectivity index (χ1) is 15.0. The number of rotatable bonds is 6. The Bertz CT molecular complexity index is 944. The second-order valence-corrected chi connectivity index (χ2v) is 9.24. The summed E-state index contributed by atoms with van der Waals surface area (Å²) < 4.78 is 18.1. The van der Waals surface area contributed by atoms with Gasteiger partial charge in [0, 0.05) is 24.5 Å². The zero-order chi connectivity index (χ0) is 21.8. The Morgan fingerprint density at radius 2 is 1.81 bits per heavy atom. The fourth-order valence-electron chi connectivity index (χ4n) is 4.37. The monoisotopic (exact) mass is 445 g/mol. The molecule has 31 heavy (non-hydrogen) atoms. The Kier molecular flexibility index (Phi) is 6.99. The zero-order valence-corrected chi connectivity index (χ0v) is 18.6. The van der Waals surface area contributed by atoms with Gasteiger partial charge in [-0.2, -0.15) is 0 Å². The van der Waals surface area contributed by atoms with E-state index in [1.165, 1.54) is 35.5 Å². The van der Waals surface area contributed by atoms with Crippen LogP contribution in [-0.2, 0) is 28.9 Å². The largest absolute Gasteiger partial charge is 0.465 e. The highest BCUT2D eigenvalue weighted by atomic mass is 32.1. The number of amides is 1. The van der Waals surface area contributed by atoms with Crippen LogP contribution in [0, 0.1) is 5.82 Å². The van der Waals surface area contributed by atoms with E-state index in [4.69, 9.17) is 4.74 Å². The van der Waals surface area contributed by atoms with Crippen LogP contribution in [0.25, 0.3) is 0 Å². The molecular weight excluding hydrogens is 417 g/mol. The number of anilines is 1. The molecule has 0 atom stereocenters. The van der Waals surface area contributed by atoms with E-state index in [0.29, 0.717) is 17.1 Å². The lowest BCUT2D eigenvalue weighted by Gasteiger charge is -2.21. The molecule has 1 aromatic carbocycles. The van der Waals surface area contributed by atoms with Crippen LogP contribution in [0.15, 0.2) is 24.3 Å². The summed E-state index contributed by atoms with van der Waals surface area (Å²) in [7, 11) is 1.38. The van der Waals surface area contributed by atoms with Gasteiger partial charge in [0.2, 0.25) is 5.91 Å². The summed E-state index contributed by atoms with van der Waals surface area (Å²) in [6, 6.07) is 6.63. The second kappa shape index (κ2) is 9.89. The van der Waals surface area contributed by atoms with Crippen LogP contribution in [0.2, 0.25) is 0 Å². The quantitative estimate of drug-likeness (QED) is 0.692. The van der Waals surface area contributed by atoms with E-state index in [0.717, 1.165) is 69.5 Å². The molecule has 1 aliphatic heterocycles. The van der Waals surface area contributed by atoms with Crippen molar-refractivity contribution in [3.05, 3.63) is 51.7 Å². The van der Waals surface area contributed by atoms with Crippen molar-refractivity contribution in [1.29, 1.82) is 0 Å². The van der Waals surface area contributed by atoms with E-state index >= 15 is 0 Å². The van der Waals surface area contributed by atoms with E-state index in [1.807, 2.05) is 12.1 Å². The fourth-order valence-corrected chi connectivity index (χ4v) is 5.66. The number of fused-ring (bicyclic) bond motifs is 1. The van der Waals surface area contributed by atoms with E-state index < -0.39 is 0 Å². The van der Waals surface area contributed by atoms with E-state index in [9.17, 15) is 14.0 Å². The molecular formula is C23H28FN3O3S. The predicted molar refractivity (Wildman–Crippen MR) is 119 cm³/mol. The number of methoxy groups -OCH3 is 1. The van der Waals surface area contributed by atoms with Crippen molar-refractivity contribution < 1.29 is 18.7 Å². The molecule has 8 heteroatoms. The number of halogens is 1. The van der Waals surface area contributed by atoms with Gasteiger partial charge in [0.15, 0.2) is 0 Å². The molecule has 6 nitrogen and oxygen atoms in total. The van der Waals surface area contributed by atoms with E-state index in [-0.39, 0.29) is 17.7 Å². The van der Waals surface area contributed by atoms with E-state index in [1.54, 1.807) is 0 Å². The molecule has 2 aliphatic rings. The van der Waals surface area contributed by atoms with Crippen molar-refractivity contribution in [3.63, 3.8) is 0 Å². The normalized spacial score (nSPS) is 17.2. The third-order valence-electron chi connectivity index (χ3n) is 5.93. The molecule has 1 amide bonds. The van der Waals surface area contributed by atoms with Gasteiger partial charge in [-0.3, -0.25) is 14.6 Å². The molecule has 1 fully saturated rings. The van der Waals surface area contributed by atoms with Gasteiger partial charge in [-0.1, -0.05) is 12.1 Å². The highest BCUT2D eigenvalue weighted by Crippen LogP contribution is 2.39. The number of thiophene rings is 1. The van der Waals surface area contributed by atoms with Crippen molar-refractivity contribution in [2.45, 2.75) is 32.2 Å². The van der Waals surface area contributed by atoms with Crippen molar-refractivity contribution >= 4 is 28.2 Å². The molecule has 166 valence electrons. The Labute approximate surface area is 186 Å². The van der Waals surface area contributed by atoms with Gasteiger partial charge in [0.05, 0.1) is 19.2 Å². The van der Waals surface area contributed by atoms with Crippen molar-refractivity contribution in [1.82, 2.24) is 9.80 Å². The maximum atomic E-state index is 13.1. The lowest BCUT2D eigenvalue weighted by molar-refractivity contribution is -0.117. The number of benzene rings is 1. The third-order valence-corrected chi connectivity index (χ3v) is 7.14. The zero-order valence-electron chi connectivity index (χ0n) is 17.8. The van der Waals surface area contributed by atoms with Gasteiger partial charge in [-0.25, -0.2) is 9.18 Å². The van der Waals surface area contributed by atoms with E-state index in [2.05, 4.69) is 15.1 Å². The van der Waals surface area contributed by atoms with Crippen LogP contribution >= 0.6 is 11.3 Å². The molecule has 1 N–H and O–H groups in total. The molecule has 2 aromatic rings. The topological polar surface area (TPSA) is 61.9 Å². The van der Waals surface area contributed by atoms with Crippen LogP contribution in [-0.4, -0.2) is 61.5 Å². The van der Waals surface area contributed by atoms with Crippen LogP contribution < -0.4 is 5.32 Å². The van der Waals surface area contributed by atoms with Gasteiger partial charge >= 0.3 is 5.97 Å². The molecule has 1 saturated heterocycles. The summed E-state index contributed by atoms with van der Waals surface area (Å²) in [6.45, 7) is 4.51. The molecule has 0 bridgehead atoms. The number of carbonyl (C=O) groups is 2. The summed E-state index contributed by atoms with van der Waals surface area (Å²) >= 11 is 1.50. The first-order valence-electron chi connectivity index (χ1n) is 10.8. The predicted octanol–water partition coefficient (Wildman–Crippen LogP) is 3.31.